The van der Waals surface area contributed by atoms with Gasteiger partial charge in [0.05, 0.1) is 6.54 Å². The van der Waals surface area contributed by atoms with Crippen LogP contribution in [-0.4, -0.2) is 37.9 Å². The van der Waals surface area contributed by atoms with Crippen LogP contribution in [0, 0.1) is 0 Å². The van der Waals surface area contributed by atoms with Crippen molar-refractivity contribution in [3.63, 3.8) is 0 Å². The summed E-state index contributed by atoms with van der Waals surface area (Å²) in [5.41, 5.74) is 0. The largest absolute Gasteiger partial charge is 0.480 e. The Morgan fingerprint density at radius 2 is 2.29 bits per heavy atom. The van der Waals surface area contributed by atoms with Gasteiger partial charge in [-0.05, 0) is 13.8 Å². The van der Waals surface area contributed by atoms with Gasteiger partial charge < -0.3 is 20.3 Å². The van der Waals surface area contributed by atoms with E-state index in [1.165, 1.54) is 6.92 Å². The molecule has 1 aromatic rings. The highest BCUT2D eigenvalue weighted by Gasteiger charge is 2.13. The van der Waals surface area contributed by atoms with Crippen molar-refractivity contribution >= 4 is 12.0 Å². The SMILES string of the molecule is CCn1cnnc1CNC(=O)N[C@@H](C)C(=O)O. The van der Waals surface area contributed by atoms with E-state index >= 15 is 0 Å². The van der Waals surface area contributed by atoms with Crippen LogP contribution in [0.5, 0.6) is 0 Å². The highest BCUT2D eigenvalue weighted by Crippen LogP contribution is 1.93. The molecule has 94 valence electrons. The maximum absolute atomic E-state index is 11.3. The van der Waals surface area contributed by atoms with Gasteiger partial charge in [0.15, 0.2) is 5.82 Å². The molecule has 8 nitrogen and oxygen atoms in total. The van der Waals surface area contributed by atoms with Gasteiger partial charge in [-0.2, -0.15) is 0 Å². The first-order valence-electron chi connectivity index (χ1n) is 5.18. The van der Waals surface area contributed by atoms with Crippen molar-refractivity contribution in [1.82, 2.24) is 25.4 Å². The number of carboxylic acid groups (broad SMARTS) is 1. The molecule has 0 bridgehead atoms. The molecular formula is C9H15N5O3. The van der Waals surface area contributed by atoms with Gasteiger partial charge in [-0.3, -0.25) is 4.79 Å². The Kier molecular flexibility index (Phi) is 4.44. The summed E-state index contributed by atoms with van der Waals surface area (Å²) in [6, 6.07) is -1.48. The molecule has 2 amide bonds. The molecule has 8 heteroatoms. The topological polar surface area (TPSA) is 109 Å². The minimum Gasteiger partial charge on any atom is -0.480 e. The number of hydrogen-bond acceptors (Lipinski definition) is 4. The molecule has 0 saturated heterocycles. The van der Waals surface area contributed by atoms with Crippen molar-refractivity contribution in [2.45, 2.75) is 33.0 Å². The number of carbonyl (C=O) groups excluding carboxylic acids is 1. The lowest BCUT2D eigenvalue weighted by Gasteiger charge is -2.10. The van der Waals surface area contributed by atoms with Crippen LogP contribution >= 0.6 is 0 Å². The van der Waals surface area contributed by atoms with E-state index in [0.717, 1.165) is 0 Å². The van der Waals surface area contributed by atoms with Gasteiger partial charge in [-0.15, -0.1) is 10.2 Å². The first-order chi connectivity index (χ1) is 8.04. The van der Waals surface area contributed by atoms with Gasteiger partial charge in [0.1, 0.15) is 12.4 Å². The maximum atomic E-state index is 11.3. The summed E-state index contributed by atoms with van der Waals surface area (Å²) < 4.78 is 1.78. The molecular weight excluding hydrogens is 226 g/mol. The lowest BCUT2D eigenvalue weighted by atomic mass is 10.3. The van der Waals surface area contributed by atoms with E-state index in [4.69, 9.17) is 5.11 Å². The predicted octanol–water partition coefficient (Wildman–Crippen LogP) is -0.430. The minimum absolute atomic E-state index is 0.200. The van der Waals surface area contributed by atoms with Crippen LogP contribution in [0.1, 0.15) is 19.7 Å². The van der Waals surface area contributed by atoms with Gasteiger partial charge >= 0.3 is 12.0 Å². The van der Waals surface area contributed by atoms with E-state index in [2.05, 4.69) is 20.8 Å². The van der Waals surface area contributed by atoms with E-state index in [1.807, 2.05) is 6.92 Å². The number of carbonyl (C=O) groups is 2. The van der Waals surface area contributed by atoms with Crippen LogP contribution in [-0.2, 0) is 17.9 Å². The average Bonchev–Trinajstić information content (AvgIpc) is 2.73. The van der Waals surface area contributed by atoms with Crippen LogP contribution in [0.25, 0.3) is 0 Å². The summed E-state index contributed by atoms with van der Waals surface area (Å²) in [6.45, 7) is 4.22. The van der Waals surface area contributed by atoms with Crippen LogP contribution in [0.15, 0.2) is 6.33 Å². The van der Waals surface area contributed by atoms with Crippen molar-refractivity contribution in [3.8, 4) is 0 Å². The molecule has 0 aliphatic carbocycles. The first kappa shape index (κ1) is 12.9. The van der Waals surface area contributed by atoms with Crippen molar-refractivity contribution in [1.29, 1.82) is 0 Å². The van der Waals surface area contributed by atoms with E-state index in [1.54, 1.807) is 10.9 Å². The third-order valence-electron chi connectivity index (χ3n) is 2.16. The number of nitrogens with zero attached hydrogens (tertiary/aromatic N) is 3. The quantitative estimate of drug-likeness (QED) is 0.648. The predicted molar refractivity (Wildman–Crippen MR) is 58.2 cm³/mol. The number of aromatic nitrogens is 3. The molecule has 1 atom stereocenters. The normalized spacial score (nSPS) is 11.9. The summed E-state index contributed by atoms with van der Waals surface area (Å²) in [5.74, 6) is -0.470. The molecule has 0 spiro atoms. The third-order valence-corrected chi connectivity index (χ3v) is 2.16. The monoisotopic (exact) mass is 241 g/mol. The molecule has 3 N–H and O–H groups in total. The zero-order valence-electron chi connectivity index (χ0n) is 9.67. The minimum atomic E-state index is -1.09. The lowest BCUT2D eigenvalue weighted by Crippen LogP contribution is -2.44. The Hall–Kier alpha value is -2.12. The molecule has 0 aromatic carbocycles. The standard InChI is InChI=1S/C9H15N5O3/c1-3-14-5-11-13-7(14)4-10-9(17)12-6(2)8(15)16/h5-6H,3-4H2,1-2H3,(H,15,16)(H2,10,12,17)/t6-/m0/s1. The van der Waals surface area contributed by atoms with Crippen molar-refractivity contribution in [3.05, 3.63) is 12.2 Å². The summed E-state index contributed by atoms with van der Waals surface area (Å²) >= 11 is 0. The highest BCUT2D eigenvalue weighted by molar-refractivity contribution is 5.81. The fourth-order valence-electron chi connectivity index (χ4n) is 1.15. The molecule has 0 fully saturated rings. The number of aryl methyl sites for hydroxylation is 1. The number of carboxylic acids is 1. The second-order valence-corrected chi connectivity index (χ2v) is 3.42. The first-order valence-corrected chi connectivity index (χ1v) is 5.18. The summed E-state index contributed by atoms with van der Waals surface area (Å²) in [7, 11) is 0. The smallest absolute Gasteiger partial charge is 0.325 e. The fourth-order valence-corrected chi connectivity index (χ4v) is 1.15. The average molecular weight is 241 g/mol. The zero-order valence-corrected chi connectivity index (χ0v) is 9.67. The van der Waals surface area contributed by atoms with Gasteiger partial charge in [0, 0.05) is 6.54 Å². The van der Waals surface area contributed by atoms with E-state index < -0.39 is 18.0 Å². The van der Waals surface area contributed by atoms with E-state index in [0.29, 0.717) is 12.4 Å². The maximum Gasteiger partial charge on any atom is 0.325 e. The van der Waals surface area contributed by atoms with Crippen LogP contribution in [0.4, 0.5) is 4.79 Å². The molecule has 1 rings (SSSR count). The Morgan fingerprint density at radius 1 is 1.59 bits per heavy atom. The number of hydrogen-bond donors (Lipinski definition) is 3. The van der Waals surface area contributed by atoms with Gasteiger partial charge in [-0.25, -0.2) is 4.79 Å². The van der Waals surface area contributed by atoms with Gasteiger partial charge in [0.25, 0.3) is 0 Å². The molecule has 0 saturated carbocycles. The molecule has 17 heavy (non-hydrogen) atoms. The molecule has 0 aliphatic rings. The Balaban J connectivity index is 2.41. The van der Waals surface area contributed by atoms with Crippen LogP contribution in [0.2, 0.25) is 0 Å². The zero-order chi connectivity index (χ0) is 12.8. The van der Waals surface area contributed by atoms with E-state index in [-0.39, 0.29) is 6.54 Å². The lowest BCUT2D eigenvalue weighted by molar-refractivity contribution is -0.138. The molecule has 1 heterocycles. The second kappa shape index (κ2) is 5.83. The van der Waals surface area contributed by atoms with Gasteiger partial charge in [-0.1, -0.05) is 0 Å². The number of urea groups is 1. The number of rotatable bonds is 5. The van der Waals surface area contributed by atoms with Gasteiger partial charge in [0.2, 0.25) is 0 Å². The molecule has 0 radical (unpaired) electrons. The summed E-state index contributed by atoms with van der Waals surface area (Å²) in [5, 5.41) is 20.9. The Morgan fingerprint density at radius 3 is 2.88 bits per heavy atom. The molecule has 1 aromatic heterocycles. The number of aliphatic carboxylic acids is 1. The highest BCUT2D eigenvalue weighted by atomic mass is 16.4. The second-order valence-electron chi connectivity index (χ2n) is 3.42. The van der Waals surface area contributed by atoms with Crippen molar-refractivity contribution < 1.29 is 14.7 Å². The van der Waals surface area contributed by atoms with Crippen LogP contribution < -0.4 is 10.6 Å². The summed E-state index contributed by atoms with van der Waals surface area (Å²) in [4.78, 5) is 21.8. The van der Waals surface area contributed by atoms with Crippen LogP contribution in [0.3, 0.4) is 0 Å². The molecule has 0 aliphatic heterocycles. The fraction of sp³-hybridized carbons (Fsp3) is 0.556. The number of nitrogens with one attached hydrogen (secondary N) is 2. The Labute approximate surface area is 98.0 Å². The molecule has 0 unspecified atom stereocenters. The number of amides is 2. The van der Waals surface area contributed by atoms with Crippen molar-refractivity contribution in [2.75, 3.05) is 0 Å². The van der Waals surface area contributed by atoms with E-state index in [9.17, 15) is 9.59 Å². The summed E-state index contributed by atoms with van der Waals surface area (Å²) in [6.07, 6.45) is 1.56. The Bertz CT molecular complexity index is 403. The third kappa shape index (κ3) is 3.74. The van der Waals surface area contributed by atoms with Crippen molar-refractivity contribution in [2.24, 2.45) is 0 Å².